The van der Waals surface area contributed by atoms with Crippen molar-refractivity contribution in [2.75, 3.05) is 0 Å². The van der Waals surface area contributed by atoms with E-state index in [1.54, 1.807) is 0 Å². The van der Waals surface area contributed by atoms with E-state index in [1.807, 2.05) is 30.3 Å². The van der Waals surface area contributed by atoms with E-state index in [0.29, 0.717) is 0 Å². The van der Waals surface area contributed by atoms with Crippen LogP contribution in [0.3, 0.4) is 0 Å². The molecule has 66 valence electrons. The zero-order chi connectivity index (χ0) is 9.10. The number of benzene rings is 1. The van der Waals surface area contributed by atoms with Crippen LogP contribution in [0.1, 0.15) is 18.4 Å². The second-order valence-corrected chi connectivity index (χ2v) is 3.07. The summed E-state index contributed by atoms with van der Waals surface area (Å²) < 4.78 is 0. The predicted octanol–water partition coefficient (Wildman–Crippen LogP) is 2.69. The first-order valence-corrected chi connectivity index (χ1v) is 4.38. The normalized spacial score (nSPS) is 19.1. The maximum atomic E-state index is 8.74. The summed E-state index contributed by atoms with van der Waals surface area (Å²) in [5.74, 6) is 0. The monoisotopic (exact) mass is 173 g/mol. The molecule has 1 aromatic carbocycles. The molecule has 2 heteroatoms. The lowest BCUT2D eigenvalue weighted by atomic mass is 10.0. The van der Waals surface area contributed by atoms with Gasteiger partial charge in [-0.15, -0.1) is 0 Å². The van der Waals surface area contributed by atoms with Crippen molar-refractivity contribution < 1.29 is 5.21 Å². The minimum absolute atomic E-state index is 0.797. The summed E-state index contributed by atoms with van der Waals surface area (Å²) in [4.78, 5) is 0. The summed E-state index contributed by atoms with van der Waals surface area (Å²) in [6, 6.07) is 10.0. The van der Waals surface area contributed by atoms with E-state index in [4.69, 9.17) is 5.21 Å². The molecule has 0 radical (unpaired) electrons. The molecule has 0 saturated carbocycles. The van der Waals surface area contributed by atoms with Crippen molar-refractivity contribution in [1.82, 2.24) is 0 Å². The molecule has 2 nitrogen and oxygen atoms in total. The number of nitrogens with zero attached hydrogens (tertiary/aromatic N) is 1. The van der Waals surface area contributed by atoms with Crippen molar-refractivity contribution in [2.45, 2.75) is 12.8 Å². The number of allylic oxidation sites excluding steroid dienone is 2. The standard InChI is InChI=1S/C11H11NO/c13-12-11-8-4-7-10(11)9-5-2-1-3-6-9/h1-3,5-7,13H,4,8H2/b12-11-. The van der Waals surface area contributed by atoms with Crippen LogP contribution in [0.2, 0.25) is 0 Å². The quantitative estimate of drug-likeness (QED) is 0.514. The Labute approximate surface area is 77.2 Å². The van der Waals surface area contributed by atoms with Gasteiger partial charge in [0.05, 0.1) is 5.71 Å². The van der Waals surface area contributed by atoms with Crippen LogP contribution < -0.4 is 0 Å². The Morgan fingerprint density at radius 3 is 2.62 bits per heavy atom. The molecule has 1 aromatic rings. The van der Waals surface area contributed by atoms with Gasteiger partial charge in [-0.3, -0.25) is 0 Å². The largest absolute Gasteiger partial charge is 0.411 e. The van der Waals surface area contributed by atoms with Crippen LogP contribution in [0.5, 0.6) is 0 Å². The molecule has 1 aliphatic rings. The molecular formula is C11H11NO. The van der Waals surface area contributed by atoms with Gasteiger partial charge < -0.3 is 5.21 Å². The van der Waals surface area contributed by atoms with Gasteiger partial charge in [-0.25, -0.2) is 0 Å². The summed E-state index contributed by atoms with van der Waals surface area (Å²) in [7, 11) is 0. The van der Waals surface area contributed by atoms with Crippen LogP contribution in [0, 0.1) is 0 Å². The zero-order valence-corrected chi connectivity index (χ0v) is 7.27. The van der Waals surface area contributed by atoms with E-state index in [1.165, 1.54) is 0 Å². The van der Waals surface area contributed by atoms with E-state index in [-0.39, 0.29) is 0 Å². The van der Waals surface area contributed by atoms with Gasteiger partial charge in [0.25, 0.3) is 0 Å². The van der Waals surface area contributed by atoms with Crippen LogP contribution in [-0.4, -0.2) is 10.9 Å². The third-order valence-corrected chi connectivity index (χ3v) is 2.25. The lowest BCUT2D eigenvalue weighted by Gasteiger charge is -2.01. The molecule has 0 aromatic heterocycles. The minimum atomic E-state index is 0.797. The third kappa shape index (κ3) is 1.47. The van der Waals surface area contributed by atoms with E-state index < -0.39 is 0 Å². The zero-order valence-electron chi connectivity index (χ0n) is 7.27. The van der Waals surface area contributed by atoms with E-state index >= 15 is 0 Å². The smallest absolute Gasteiger partial charge is 0.0873 e. The van der Waals surface area contributed by atoms with Gasteiger partial charge >= 0.3 is 0 Å². The van der Waals surface area contributed by atoms with Gasteiger partial charge in [0.2, 0.25) is 0 Å². The molecule has 0 aliphatic heterocycles. The number of rotatable bonds is 1. The minimum Gasteiger partial charge on any atom is -0.411 e. The summed E-state index contributed by atoms with van der Waals surface area (Å²) in [6.07, 6.45) is 3.94. The average Bonchev–Trinajstić information content (AvgIpc) is 2.67. The highest BCUT2D eigenvalue weighted by Gasteiger charge is 2.14. The number of hydrogen-bond acceptors (Lipinski definition) is 2. The summed E-state index contributed by atoms with van der Waals surface area (Å²) in [6.45, 7) is 0. The first kappa shape index (κ1) is 8.05. The summed E-state index contributed by atoms with van der Waals surface area (Å²) in [5.41, 5.74) is 3.00. The molecule has 0 unspecified atom stereocenters. The van der Waals surface area contributed by atoms with Crippen molar-refractivity contribution in [1.29, 1.82) is 0 Å². The molecule has 13 heavy (non-hydrogen) atoms. The molecule has 0 amide bonds. The van der Waals surface area contributed by atoms with Crippen molar-refractivity contribution in [3.05, 3.63) is 42.0 Å². The van der Waals surface area contributed by atoms with Crippen molar-refractivity contribution in [3.63, 3.8) is 0 Å². The molecule has 2 rings (SSSR count). The van der Waals surface area contributed by atoms with Crippen LogP contribution in [0.15, 0.2) is 41.6 Å². The van der Waals surface area contributed by atoms with Gasteiger partial charge in [-0.05, 0) is 18.4 Å². The fraction of sp³-hybridized carbons (Fsp3) is 0.182. The molecule has 0 fully saturated rings. The van der Waals surface area contributed by atoms with E-state index in [9.17, 15) is 0 Å². The Balaban J connectivity index is 2.37. The van der Waals surface area contributed by atoms with Crippen LogP contribution in [0.4, 0.5) is 0 Å². The molecular weight excluding hydrogens is 162 g/mol. The highest BCUT2D eigenvalue weighted by atomic mass is 16.4. The Hall–Kier alpha value is -1.57. The fourth-order valence-electron chi connectivity index (χ4n) is 1.61. The molecule has 0 atom stereocenters. The lowest BCUT2D eigenvalue weighted by molar-refractivity contribution is 0.319. The van der Waals surface area contributed by atoms with Crippen molar-refractivity contribution >= 4 is 11.3 Å². The van der Waals surface area contributed by atoms with E-state index in [0.717, 1.165) is 29.7 Å². The first-order chi connectivity index (χ1) is 6.42. The topological polar surface area (TPSA) is 32.6 Å². The lowest BCUT2D eigenvalue weighted by Crippen LogP contribution is -1.95. The van der Waals surface area contributed by atoms with E-state index in [2.05, 4.69) is 11.2 Å². The van der Waals surface area contributed by atoms with Gasteiger partial charge in [-0.1, -0.05) is 41.6 Å². The van der Waals surface area contributed by atoms with Gasteiger partial charge in [0.1, 0.15) is 0 Å². The molecule has 0 saturated heterocycles. The Kier molecular flexibility index (Phi) is 2.13. The predicted molar refractivity (Wildman–Crippen MR) is 52.9 cm³/mol. The van der Waals surface area contributed by atoms with Crippen LogP contribution >= 0.6 is 0 Å². The molecule has 1 N–H and O–H groups in total. The van der Waals surface area contributed by atoms with Gasteiger partial charge in [0.15, 0.2) is 0 Å². The first-order valence-electron chi connectivity index (χ1n) is 4.38. The van der Waals surface area contributed by atoms with Crippen LogP contribution in [0.25, 0.3) is 5.57 Å². The molecule has 1 aliphatic carbocycles. The molecule has 0 heterocycles. The van der Waals surface area contributed by atoms with Gasteiger partial charge in [0, 0.05) is 5.57 Å². The maximum Gasteiger partial charge on any atom is 0.0873 e. The Bertz CT molecular complexity index is 352. The Morgan fingerprint density at radius 1 is 1.15 bits per heavy atom. The second-order valence-electron chi connectivity index (χ2n) is 3.07. The average molecular weight is 173 g/mol. The summed E-state index contributed by atoms with van der Waals surface area (Å²) in [5, 5.41) is 12.0. The molecule has 0 spiro atoms. The SMILES string of the molecule is O/N=C1/CCC=C1c1ccccc1. The van der Waals surface area contributed by atoms with Gasteiger partial charge in [-0.2, -0.15) is 0 Å². The highest BCUT2D eigenvalue weighted by Crippen LogP contribution is 2.24. The Morgan fingerprint density at radius 2 is 1.92 bits per heavy atom. The number of hydrogen-bond donors (Lipinski definition) is 1. The van der Waals surface area contributed by atoms with Crippen molar-refractivity contribution in [2.24, 2.45) is 5.16 Å². The number of oxime groups is 1. The molecule has 0 bridgehead atoms. The summed E-state index contributed by atoms with van der Waals surface area (Å²) >= 11 is 0. The second kappa shape index (κ2) is 3.44. The fourth-order valence-corrected chi connectivity index (χ4v) is 1.61. The van der Waals surface area contributed by atoms with Crippen LogP contribution in [-0.2, 0) is 0 Å². The van der Waals surface area contributed by atoms with Crippen molar-refractivity contribution in [3.8, 4) is 0 Å². The highest BCUT2D eigenvalue weighted by molar-refractivity contribution is 6.25. The maximum absolute atomic E-state index is 8.74. The third-order valence-electron chi connectivity index (χ3n) is 2.25.